The molecule has 0 unspecified atom stereocenters. The van der Waals surface area contributed by atoms with Gasteiger partial charge < -0.3 is 9.30 Å². The van der Waals surface area contributed by atoms with Crippen molar-refractivity contribution in [3.05, 3.63) is 76.4 Å². The number of imidazole rings is 1. The molecular formula is C19H13Cl2FN4O. The SMILES string of the molecule is Cc1cc(-n2ccnc2)c2cc(F)cc(OCc3c(Cl)cncc3Cl)c2n1. The number of pyridine rings is 2. The van der Waals surface area contributed by atoms with Gasteiger partial charge in [0.1, 0.15) is 23.7 Å². The topological polar surface area (TPSA) is 52.8 Å². The lowest BCUT2D eigenvalue weighted by Crippen LogP contribution is -2.02. The first-order valence-electron chi connectivity index (χ1n) is 8.03. The Morgan fingerprint density at radius 2 is 1.89 bits per heavy atom. The Hall–Kier alpha value is -2.70. The molecule has 4 aromatic rings. The van der Waals surface area contributed by atoms with Crippen LogP contribution in [0.2, 0.25) is 10.0 Å². The van der Waals surface area contributed by atoms with E-state index in [4.69, 9.17) is 27.9 Å². The van der Waals surface area contributed by atoms with Gasteiger partial charge >= 0.3 is 0 Å². The molecule has 0 saturated heterocycles. The van der Waals surface area contributed by atoms with E-state index in [0.717, 1.165) is 11.4 Å². The summed E-state index contributed by atoms with van der Waals surface area (Å²) in [5.74, 6) is -0.129. The molecule has 0 amide bonds. The van der Waals surface area contributed by atoms with Crippen LogP contribution in [0.25, 0.3) is 16.6 Å². The highest BCUT2D eigenvalue weighted by molar-refractivity contribution is 6.35. The minimum atomic E-state index is -0.434. The van der Waals surface area contributed by atoms with E-state index < -0.39 is 5.82 Å². The van der Waals surface area contributed by atoms with Gasteiger partial charge in [-0.05, 0) is 19.1 Å². The number of ether oxygens (including phenoxy) is 1. The Morgan fingerprint density at radius 3 is 2.59 bits per heavy atom. The van der Waals surface area contributed by atoms with Crippen LogP contribution in [0, 0.1) is 12.7 Å². The first-order chi connectivity index (χ1) is 13.0. The van der Waals surface area contributed by atoms with Gasteiger partial charge in [-0.25, -0.2) is 14.4 Å². The van der Waals surface area contributed by atoms with Gasteiger partial charge in [0, 0.05) is 47.5 Å². The zero-order valence-corrected chi connectivity index (χ0v) is 15.7. The average molecular weight is 403 g/mol. The quantitative estimate of drug-likeness (QED) is 0.473. The van der Waals surface area contributed by atoms with Crippen LogP contribution in [0.4, 0.5) is 4.39 Å². The molecule has 1 aromatic carbocycles. The molecule has 3 aromatic heterocycles. The number of aromatic nitrogens is 4. The van der Waals surface area contributed by atoms with Crippen LogP contribution in [-0.4, -0.2) is 19.5 Å². The summed E-state index contributed by atoms with van der Waals surface area (Å²) < 4.78 is 22.0. The van der Waals surface area contributed by atoms with Gasteiger partial charge in [-0.3, -0.25) is 4.98 Å². The van der Waals surface area contributed by atoms with Crippen molar-refractivity contribution in [2.45, 2.75) is 13.5 Å². The third-order valence-corrected chi connectivity index (χ3v) is 4.71. The van der Waals surface area contributed by atoms with Gasteiger partial charge in [0.15, 0.2) is 0 Å². The Labute approximate surface area is 164 Å². The van der Waals surface area contributed by atoms with Crippen LogP contribution in [0.15, 0.2) is 49.3 Å². The summed E-state index contributed by atoms with van der Waals surface area (Å²) >= 11 is 12.3. The molecule has 0 atom stereocenters. The smallest absolute Gasteiger partial charge is 0.149 e. The average Bonchev–Trinajstić information content (AvgIpc) is 3.15. The number of benzene rings is 1. The van der Waals surface area contributed by atoms with Crippen molar-refractivity contribution in [3.63, 3.8) is 0 Å². The molecule has 0 fully saturated rings. The molecule has 0 radical (unpaired) electrons. The van der Waals surface area contributed by atoms with E-state index in [1.54, 1.807) is 23.3 Å². The molecule has 0 aliphatic rings. The van der Waals surface area contributed by atoms with Gasteiger partial charge in [0.25, 0.3) is 0 Å². The van der Waals surface area contributed by atoms with Crippen LogP contribution >= 0.6 is 23.2 Å². The number of rotatable bonds is 4. The van der Waals surface area contributed by atoms with E-state index in [-0.39, 0.29) is 6.61 Å². The molecule has 0 spiro atoms. The predicted octanol–water partition coefficient (Wildman–Crippen LogP) is 5.15. The molecule has 0 aliphatic carbocycles. The summed E-state index contributed by atoms with van der Waals surface area (Å²) in [6.07, 6.45) is 8.06. The van der Waals surface area contributed by atoms with Gasteiger partial charge in [0.2, 0.25) is 0 Å². The number of hydrogen-bond donors (Lipinski definition) is 0. The van der Waals surface area contributed by atoms with Crippen LogP contribution in [0.1, 0.15) is 11.3 Å². The monoisotopic (exact) mass is 402 g/mol. The van der Waals surface area contributed by atoms with Crippen molar-refractivity contribution >= 4 is 34.1 Å². The minimum Gasteiger partial charge on any atom is -0.486 e. The second kappa shape index (κ2) is 7.13. The third-order valence-electron chi connectivity index (χ3n) is 4.06. The van der Waals surface area contributed by atoms with Crippen molar-refractivity contribution in [1.29, 1.82) is 0 Å². The maximum Gasteiger partial charge on any atom is 0.149 e. The summed E-state index contributed by atoms with van der Waals surface area (Å²) in [4.78, 5) is 12.5. The maximum atomic E-state index is 14.3. The van der Waals surface area contributed by atoms with E-state index in [1.807, 2.05) is 13.0 Å². The standard InChI is InChI=1S/C19H13Cl2FN4O/c1-11-4-17(26-3-2-23-10-26)13-5-12(22)6-18(19(13)25-11)27-9-14-15(20)7-24-8-16(14)21/h2-8,10H,9H2,1H3. The van der Waals surface area contributed by atoms with E-state index in [0.29, 0.717) is 32.3 Å². The van der Waals surface area contributed by atoms with Crippen molar-refractivity contribution in [1.82, 2.24) is 19.5 Å². The lowest BCUT2D eigenvalue weighted by Gasteiger charge is -2.14. The summed E-state index contributed by atoms with van der Waals surface area (Å²) in [6.45, 7) is 1.93. The van der Waals surface area contributed by atoms with Gasteiger partial charge in [-0.15, -0.1) is 0 Å². The summed E-state index contributed by atoms with van der Waals surface area (Å²) in [5, 5.41) is 1.37. The summed E-state index contributed by atoms with van der Waals surface area (Å²) in [6, 6.07) is 4.59. The maximum absolute atomic E-state index is 14.3. The van der Waals surface area contributed by atoms with Crippen LogP contribution in [0.5, 0.6) is 5.75 Å². The number of halogens is 3. The molecule has 136 valence electrons. The lowest BCUT2D eigenvalue weighted by molar-refractivity contribution is 0.308. The van der Waals surface area contributed by atoms with Crippen molar-refractivity contribution in [2.75, 3.05) is 0 Å². The van der Waals surface area contributed by atoms with Crippen molar-refractivity contribution < 1.29 is 9.13 Å². The highest BCUT2D eigenvalue weighted by atomic mass is 35.5. The number of hydrogen-bond acceptors (Lipinski definition) is 4. The largest absolute Gasteiger partial charge is 0.486 e. The number of aryl methyl sites for hydroxylation is 1. The second-order valence-electron chi connectivity index (χ2n) is 5.92. The van der Waals surface area contributed by atoms with Gasteiger partial charge in [0.05, 0.1) is 22.1 Å². The highest BCUT2D eigenvalue weighted by Gasteiger charge is 2.15. The summed E-state index contributed by atoms with van der Waals surface area (Å²) in [7, 11) is 0. The Balaban J connectivity index is 1.82. The Morgan fingerprint density at radius 1 is 1.11 bits per heavy atom. The molecule has 0 bridgehead atoms. The Kier molecular flexibility index (Phi) is 4.68. The predicted molar refractivity (Wildman–Crippen MR) is 102 cm³/mol. The van der Waals surface area contributed by atoms with E-state index in [1.165, 1.54) is 24.5 Å². The normalized spacial score (nSPS) is 11.1. The fourth-order valence-corrected chi connectivity index (χ4v) is 3.29. The van der Waals surface area contributed by atoms with Crippen LogP contribution in [-0.2, 0) is 6.61 Å². The fourth-order valence-electron chi connectivity index (χ4n) is 2.82. The third kappa shape index (κ3) is 3.46. The van der Waals surface area contributed by atoms with Crippen molar-refractivity contribution in [2.24, 2.45) is 0 Å². The molecule has 27 heavy (non-hydrogen) atoms. The van der Waals surface area contributed by atoms with Gasteiger partial charge in [-0.2, -0.15) is 0 Å². The molecule has 0 aliphatic heterocycles. The zero-order valence-electron chi connectivity index (χ0n) is 14.2. The second-order valence-corrected chi connectivity index (χ2v) is 6.74. The molecular weight excluding hydrogens is 390 g/mol. The Bertz CT molecular complexity index is 1110. The number of fused-ring (bicyclic) bond motifs is 1. The molecule has 8 heteroatoms. The molecule has 5 nitrogen and oxygen atoms in total. The van der Waals surface area contributed by atoms with Gasteiger partial charge in [-0.1, -0.05) is 23.2 Å². The lowest BCUT2D eigenvalue weighted by atomic mass is 10.1. The van der Waals surface area contributed by atoms with E-state index in [9.17, 15) is 4.39 Å². The molecule has 4 rings (SSSR count). The van der Waals surface area contributed by atoms with Crippen LogP contribution in [0.3, 0.4) is 0 Å². The first kappa shape index (κ1) is 17.7. The first-order valence-corrected chi connectivity index (χ1v) is 8.78. The van der Waals surface area contributed by atoms with E-state index in [2.05, 4.69) is 15.0 Å². The van der Waals surface area contributed by atoms with E-state index >= 15 is 0 Å². The van der Waals surface area contributed by atoms with Crippen molar-refractivity contribution in [3.8, 4) is 11.4 Å². The minimum absolute atomic E-state index is 0.0643. The van der Waals surface area contributed by atoms with Crippen LogP contribution < -0.4 is 4.74 Å². The molecule has 3 heterocycles. The highest BCUT2D eigenvalue weighted by Crippen LogP contribution is 2.32. The summed E-state index contributed by atoms with van der Waals surface area (Å²) in [5.41, 5.74) is 2.65. The fraction of sp³-hybridized carbons (Fsp3) is 0.105. The zero-order chi connectivity index (χ0) is 19.0. The molecule has 0 N–H and O–H groups in total. The molecule has 0 saturated carbocycles. The number of nitrogens with zero attached hydrogens (tertiary/aromatic N) is 4.